The molecule has 1 aliphatic heterocycles. The van der Waals surface area contributed by atoms with Gasteiger partial charge in [-0.25, -0.2) is 4.98 Å². The second-order valence-corrected chi connectivity index (χ2v) is 9.02. The molecule has 2 N–H and O–H groups in total. The monoisotopic (exact) mass is 511 g/mol. The van der Waals surface area contributed by atoms with E-state index in [0.29, 0.717) is 39.8 Å². The topological polar surface area (TPSA) is 105 Å². The lowest BCUT2D eigenvalue weighted by atomic mass is 10.2. The number of hydrogen-bond donors (Lipinski definition) is 2. The van der Waals surface area contributed by atoms with Crippen molar-refractivity contribution in [3.05, 3.63) is 83.8 Å². The van der Waals surface area contributed by atoms with Crippen LogP contribution in [0.5, 0.6) is 5.75 Å². The van der Waals surface area contributed by atoms with Gasteiger partial charge in [-0.15, -0.1) is 0 Å². The molecule has 10 nitrogen and oxygen atoms in total. The van der Waals surface area contributed by atoms with Gasteiger partial charge < -0.3 is 25.2 Å². The third-order valence-electron chi connectivity index (χ3n) is 6.49. The second-order valence-electron chi connectivity index (χ2n) is 9.02. The van der Waals surface area contributed by atoms with Gasteiger partial charge in [-0.2, -0.15) is 4.98 Å². The van der Waals surface area contributed by atoms with Gasteiger partial charge in [0.15, 0.2) is 5.65 Å². The zero-order valence-corrected chi connectivity index (χ0v) is 21.3. The zero-order chi connectivity index (χ0) is 26.6. The maximum absolute atomic E-state index is 13.0. The number of carbonyl (C=O) groups is 1. The first kappa shape index (κ1) is 25.0. The number of benzene rings is 2. The van der Waals surface area contributed by atoms with E-state index < -0.39 is 0 Å². The van der Waals surface area contributed by atoms with Crippen molar-refractivity contribution >= 4 is 40.0 Å². The van der Waals surface area contributed by atoms with Crippen LogP contribution < -0.4 is 25.8 Å². The van der Waals surface area contributed by atoms with Crippen LogP contribution in [0.15, 0.2) is 78.2 Å². The number of fused-ring (bicyclic) bond motifs is 1. The molecular weight excluding hydrogens is 482 g/mol. The normalized spacial score (nSPS) is 13.8. The summed E-state index contributed by atoms with van der Waals surface area (Å²) in [4.78, 5) is 38.5. The molecule has 3 heterocycles. The highest BCUT2D eigenvalue weighted by atomic mass is 16.5. The molecule has 0 aliphatic carbocycles. The van der Waals surface area contributed by atoms with Gasteiger partial charge in [-0.3, -0.25) is 14.2 Å². The standard InChI is InChI=1S/C28H29N7O3/c1-4-25(36)30-20-6-5-7-22(16-20)35-26(37)11-8-19-18-29-28(32-27(19)35)31-23-10-9-21(17-24(23)38-3)34-14-12-33(2)13-15-34/h4-11,16-18H,1,12-15H2,2-3H3,(H,30,36)(H,29,31,32). The summed E-state index contributed by atoms with van der Waals surface area (Å²) in [6.07, 6.45) is 2.85. The van der Waals surface area contributed by atoms with Crippen molar-refractivity contribution in [3.63, 3.8) is 0 Å². The number of carbonyl (C=O) groups excluding carboxylic acids is 1. The van der Waals surface area contributed by atoms with Gasteiger partial charge in [0, 0.05) is 61.3 Å². The molecule has 10 heteroatoms. The van der Waals surface area contributed by atoms with Gasteiger partial charge in [0.25, 0.3) is 5.56 Å². The summed E-state index contributed by atoms with van der Waals surface area (Å²) in [6, 6.07) is 16.1. The van der Waals surface area contributed by atoms with Gasteiger partial charge in [0.1, 0.15) is 5.75 Å². The predicted octanol–water partition coefficient (Wildman–Crippen LogP) is 3.41. The summed E-state index contributed by atoms with van der Waals surface area (Å²) in [5.74, 6) is 0.647. The number of amides is 1. The van der Waals surface area contributed by atoms with Crippen molar-refractivity contribution in [2.75, 3.05) is 55.9 Å². The molecule has 0 spiro atoms. The fourth-order valence-electron chi connectivity index (χ4n) is 4.41. The number of rotatable bonds is 7. The molecule has 194 valence electrons. The highest BCUT2D eigenvalue weighted by Gasteiger charge is 2.17. The molecular formula is C28H29N7O3. The first-order valence-corrected chi connectivity index (χ1v) is 12.3. The Kier molecular flexibility index (Phi) is 7.05. The highest BCUT2D eigenvalue weighted by Crippen LogP contribution is 2.32. The summed E-state index contributed by atoms with van der Waals surface area (Å²) in [5.41, 5.74) is 3.06. The van der Waals surface area contributed by atoms with E-state index in [1.165, 1.54) is 16.7 Å². The van der Waals surface area contributed by atoms with Gasteiger partial charge >= 0.3 is 0 Å². The Hall–Kier alpha value is -4.70. The minimum atomic E-state index is -0.339. The third-order valence-corrected chi connectivity index (χ3v) is 6.49. The Morgan fingerprint density at radius 2 is 1.87 bits per heavy atom. The van der Waals surface area contributed by atoms with Gasteiger partial charge in [0.2, 0.25) is 11.9 Å². The summed E-state index contributed by atoms with van der Waals surface area (Å²) < 4.78 is 7.16. The smallest absolute Gasteiger partial charge is 0.256 e. The largest absolute Gasteiger partial charge is 0.494 e. The van der Waals surface area contributed by atoms with Crippen LogP contribution in [-0.2, 0) is 4.79 Å². The molecule has 0 atom stereocenters. The summed E-state index contributed by atoms with van der Waals surface area (Å²) in [6.45, 7) is 7.41. The predicted molar refractivity (Wildman–Crippen MR) is 150 cm³/mol. The Morgan fingerprint density at radius 1 is 1.05 bits per heavy atom. The first-order valence-electron chi connectivity index (χ1n) is 12.3. The number of methoxy groups -OCH3 is 1. The van der Waals surface area contributed by atoms with Crippen molar-refractivity contribution in [3.8, 4) is 11.4 Å². The maximum atomic E-state index is 13.0. The lowest BCUT2D eigenvalue weighted by Gasteiger charge is -2.34. The Balaban J connectivity index is 1.48. The van der Waals surface area contributed by atoms with Gasteiger partial charge in [-0.1, -0.05) is 12.6 Å². The van der Waals surface area contributed by atoms with E-state index in [1.54, 1.807) is 43.6 Å². The molecule has 1 aliphatic rings. The number of pyridine rings is 1. The van der Waals surface area contributed by atoms with Crippen LogP contribution in [0.25, 0.3) is 16.7 Å². The number of nitrogens with one attached hydrogen (secondary N) is 2. The van der Waals surface area contributed by atoms with Crippen molar-refractivity contribution in [1.82, 2.24) is 19.4 Å². The van der Waals surface area contributed by atoms with Crippen molar-refractivity contribution in [2.45, 2.75) is 0 Å². The van der Waals surface area contributed by atoms with Crippen LogP contribution in [0.2, 0.25) is 0 Å². The van der Waals surface area contributed by atoms with E-state index in [2.05, 4.69) is 50.1 Å². The molecule has 1 fully saturated rings. The molecule has 0 radical (unpaired) electrons. The van der Waals surface area contributed by atoms with Crippen molar-refractivity contribution < 1.29 is 9.53 Å². The molecule has 38 heavy (non-hydrogen) atoms. The Morgan fingerprint density at radius 3 is 2.63 bits per heavy atom. The lowest BCUT2D eigenvalue weighted by Crippen LogP contribution is -2.44. The fraction of sp³-hybridized carbons (Fsp3) is 0.214. The number of ether oxygens (including phenoxy) is 1. The van der Waals surface area contributed by atoms with Crippen LogP contribution in [0, 0.1) is 0 Å². The summed E-state index contributed by atoms with van der Waals surface area (Å²) in [5, 5.41) is 6.65. The Labute approximate surface area is 220 Å². The molecule has 0 bridgehead atoms. The molecule has 2 aromatic carbocycles. The molecule has 5 rings (SSSR count). The van der Waals surface area contributed by atoms with Crippen LogP contribution in [0.3, 0.4) is 0 Å². The van der Waals surface area contributed by atoms with Crippen LogP contribution in [-0.4, -0.2) is 65.7 Å². The first-order chi connectivity index (χ1) is 18.4. The SMILES string of the molecule is C=CC(=O)Nc1cccc(-n2c(=O)ccc3cnc(Nc4ccc(N5CCN(C)CC5)cc4OC)nc32)c1. The molecule has 0 unspecified atom stereocenters. The minimum Gasteiger partial charge on any atom is -0.494 e. The zero-order valence-electron chi connectivity index (χ0n) is 21.3. The minimum absolute atomic E-state index is 0.261. The van der Waals surface area contributed by atoms with Crippen LogP contribution in [0.4, 0.5) is 23.0 Å². The lowest BCUT2D eigenvalue weighted by molar-refractivity contribution is -0.111. The second kappa shape index (κ2) is 10.7. The highest BCUT2D eigenvalue weighted by molar-refractivity contribution is 5.99. The molecule has 2 aromatic heterocycles. The summed E-state index contributed by atoms with van der Waals surface area (Å²) in [7, 11) is 3.76. The van der Waals surface area contributed by atoms with E-state index in [1.807, 2.05) is 12.1 Å². The molecule has 1 amide bonds. The fourth-order valence-corrected chi connectivity index (χ4v) is 4.41. The maximum Gasteiger partial charge on any atom is 0.256 e. The van der Waals surface area contributed by atoms with E-state index in [4.69, 9.17) is 4.74 Å². The molecule has 4 aromatic rings. The number of nitrogens with zero attached hydrogens (tertiary/aromatic N) is 5. The van der Waals surface area contributed by atoms with Gasteiger partial charge in [0.05, 0.1) is 18.5 Å². The third kappa shape index (κ3) is 5.21. The van der Waals surface area contributed by atoms with Crippen molar-refractivity contribution in [2.24, 2.45) is 0 Å². The quantitative estimate of drug-likeness (QED) is 0.364. The Bertz CT molecular complexity index is 1560. The van der Waals surface area contributed by atoms with Crippen LogP contribution >= 0.6 is 0 Å². The number of anilines is 4. The molecule has 0 saturated carbocycles. The number of likely N-dealkylation sites (N-methyl/N-ethyl adjacent to an activating group) is 1. The van der Waals surface area contributed by atoms with E-state index >= 15 is 0 Å². The van der Waals surface area contributed by atoms with E-state index in [0.717, 1.165) is 31.9 Å². The average molecular weight is 512 g/mol. The molecule has 1 saturated heterocycles. The number of piperazine rings is 1. The van der Waals surface area contributed by atoms with Crippen molar-refractivity contribution in [1.29, 1.82) is 0 Å². The van der Waals surface area contributed by atoms with Gasteiger partial charge in [-0.05, 0) is 49.5 Å². The average Bonchev–Trinajstić information content (AvgIpc) is 2.93. The van der Waals surface area contributed by atoms with E-state index in [9.17, 15) is 9.59 Å². The van der Waals surface area contributed by atoms with E-state index in [-0.39, 0.29) is 11.5 Å². The summed E-state index contributed by atoms with van der Waals surface area (Å²) >= 11 is 0. The number of aromatic nitrogens is 3. The number of hydrogen-bond acceptors (Lipinski definition) is 8. The van der Waals surface area contributed by atoms with Crippen LogP contribution in [0.1, 0.15) is 0 Å².